The molecule has 0 amide bonds. The van der Waals surface area contributed by atoms with Crippen molar-refractivity contribution in [3.63, 3.8) is 0 Å². The molecule has 1 N–H and O–H groups in total. The lowest BCUT2D eigenvalue weighted by molar-refractivity contribution is -0.725. The highest BCUT2D eigenvalue weighted by molar-refractivity contribution is 6.33. The maximum Gasteiger partial charge on any atom is 0.232 e. The van der Waals surface area contributed by atoms with Crippen LogP contribution in [0.1, 0.15) is 0 Å². The van der Waals surface area contributed by atoms with Gasteiger partial charge in [-0.2, -0.15) is 0 Å². The summed E-state index contributed by atoms with van der Waals surface area (Å²) in [6, 6.07) is 0. The zero-order chi connectivity index (χ0) is 7.84. The lowest BCUT2D eigenvalue weighted by Crippen LogP contribution is -2.35. The Morgan fingerprint density at radius 1 is 1.55 bits per heavy atom. The molecule has 0 saturated heterocycles. The van der Waals surface area contributed by atoms with Gasteiger partial charge in [-0.1, -0.05) is 11.6 Å². The third-order valence-corrected chi connectivity index (χ3v) is 1.43. The lowest BCUT2D eigenvalue weighted by atomic mass is 10.6. The first-order valence-electron chi connectivity index (χ1n) is 2.74. The van der Waals surface area contributed by atoms with Crippen molar-refractivity contribution in [2.75, 3.05) is 0 Å². The van der Waals surface area contributed by atoms with Gasteiger partial charge in [-0.3, -0.25) is 0 Å². The second-order valence-electron chi connectivity index (χ2n) is 1.84. The van der Waals surface area contributed by atoms with Crippen LogP contribution in [0.15, 0.2) is 6.33 Å². The highest BCUT2D eigenvalue weighted by Crippen LogP contribution is 2.11. The number of rotatable bonds is 0. The van der Waals surface area contributed by atoms with Crippen molar-refractivity contribution >= 4 is 22.8 Å². The molecular weight excluding hydrogens is 170 g/mol. The molecular formula is C4H2ClN5O. The van der Waals surface area contributed by atoms with Crippen molar-refractivity contribution < 1.29 is 4.96 Å². The number of fused-ring (bicyclic) bond motifs is 1. The normalized spacial score (nSPS) is 10.6. The summed E-state index contributed by atoms with van der Waals surface area (Å²) in [5.41, 5.74) is 0.735. The molecule has 0 atom stereocenters. The summed E-state index contributed by atoms with van der Waals surface area (Å²) in [5, 5.41) is 17.4. The summed E-state index contributed by atoms with van der Waals surface area (Å²) in [6.45, 7) is 0. The van der Waals surface area contributed by atoms with Crippen LogP contribution in [0.4, 0.5) is 0 Å². The Bertz CT molecular complexity index is 398. The lowest BCUT2D eigenvalue weighted by Gasteiger charge is -1.88. The molecule has 0 unspecified atom stereocenters. The van der Waals surface area contributed by atoms with Crippen LogP contribution in [0.5, 0.6) is 0 Å². The van der Waals surface area contributed by atoms with Crippen LogP contribution in [0.3, 0.4) is 0 Å². The molecule has 56 valence electrons. The highest BCUT2D eigenvalue weighted by atomic mass is 35.5. The molecule has 11 heavy (non-hydrogen) atoms. The smallest absolute Gasteiger partial charge is 0.232 e. The molecule has 0 spiro atoms. The van der Waals surface area contributed by atoms with E-state index in [-0.39, 0.29) is 10.1 Å². The first-order chi connectivity index (χ1) is 5.27. The Kier molecular flexibility index (Phi) is 1.16. The van der Waals surface area contributed by atoms with Gasteiger partial charge >= 0.3 is 0 Å². The minimum Gasteiger partial charge on any atom is -0.569 e. The molecule has 0 saturated carbocycles. The molecule has 2 aromatic heterocycles. The molecule has 0 radical (unpaired) electrons. The van der Waals surface area contributed by atoms with Gasteiger partial charge in [-0.25, -0.2) is 4.98 Å². The molecule has 0 fully saturated rings. The van der Waals surface area contributed by atoms with E-state index in [9.17, 15) is 5.21 Å². The van der Waals surface area contributed by atoms with Crippen molar-refractivity contribution in [1.29, 1.82) is 0 Å². The van der Waals surface area contributed by atoms with E-state index in [4.69, 9.17) is 11.6 Å². The second kappa shape index (κ2) is 2.03. The highest BCUT2D eigenvalue weighted by Gasteiger charge is 2.09. The molecule has 6 nitrogen and oxygen atoms in total. The summed E-state index contributed by atoms with van der Waals surface area (Å²) in [7, 11) is 0. The number of hydrogen-bond donors (Lipinski definition) is 1. The Morgan fingerprint density at radius 3 is 3.18 bits per heavy atom. The summed E-state index contributed by atoms with van der Waals surface area (Å²) in [4.78, 5) is 6.57. The third-order valence-electron chi connectivity index (χ3n) is 1.17. The molecule has 0 aromatic carbocycles. The van der Waals surface area contributed by atoms with Gasteiger partial charge in [-0.15, -0.1) is 0 Å². The Hall–Kier alpha value is -1.43. The molecule has 0 aliphatic rings. The number of hydrogen-bond acceptors (Lipinski definition) is 4. The van der Waals surface area contributed by atoms with Crippen LogP contribution in [0, 0.1) is 5.21 Å². The Balaban J connectivity index is 2.91. The molecule has 0 aliphatic heterocycles. The predicted octanol–water partition coefficient (Wildman–Crippen LogP) is -0.360. The number of aromatic nitrogens is 5. The maximum atomic E-state index is 10.6. The Morgan fingerprint density at radius 2 is 2.36 bits per heavy atom. The van der Waals surface area contributed by atoms with E-state index in [1.165, 1.54) is 6.33 Å². The van der Waals surface area contributed by atoms with Crippen LogP contribution in [-0.4, -0.2) is 20.2 Å². The average molecular weight is 172 g/mol. The topological polar surface area (TPSA) is 81.4 Å². The van der Waals surface area contributed by atoms with Gasteiger partial charge in [0.2, 0.25) is 10.8 Å². The predicted molar refractivity (Wildman–Crippen MR) is 35.7 cm³/mol. The van der Waals surface area contributed by atoms with Gasteiger partial charge in [0.15, 0.2) is 5.52 Å². The fraction of sp³-hybridized carbons (Fsp3) is 0. The summed E-state index contributed by atoms with van der Waals surface area (Å²) >= 11 is 5.55. The standard InChI is InChI=1S/C4H2ClN5O/c5-3-2-4(7-1-6-2)9-10(11)8-3/h1H,(H,6,7,8,9). The van der Waals surface area contributed by atoms with E-state index < -0.39 is 0 Å². The quantitative estimate of drug-likeness (QED) is 0.434. The molecule has 7 heteroatoms. The van der Waals surface area contributed by atoms with E-state index in [0.717, 1.165) is 0 Å². The first kappa shape index (κ1) is 6.29. The van der Waals surface area contributed by atoms with Crippen molar-refractivity contribution in [3.8, 4) is 0 Å². The molecule has 2 heterocycles. The maximum absolute atomic E-state index is 10.6. The van der Waals surface area contributed by atoms with Crippen LogP contribution in [-0.2, 0) is 0 Å². The van der Waals surface area contributed by atoms with Crippen LogP contribution >= 0.6 is 11.6 Å². The number of H-pyrrole nitrogens is 1. The van der Waals surface area contributed by atoms with Gasteiger partial charge in [0, 0.05) is 0 Å². The Labute approximate surface area is 65.4 Å². The van der Waals surface area contributed by atoms with E-state index in [0.29, 0.717) is 11.2 Å². The molecule has 0 aliphatic carbocycles. The van der Waals surface area contributed by atoms with Crippen LogP contribution in [0.2, 0.25) is 5.15 Å². The molecule has 0 bridgehead atoms. The third kappa shape index (κ3) is 0.874. The monoisotopic (exact) mass is 171 g/mol. The van der Waals surface area contributed by atoms with Gasteiger partial charge in [-0.05, 0) is 0 Å². The van der Waals surface area contributed by atoms with Gasteiger partial charge in [0.25, 0.3) is 0 Å². The second-order valence-corrected chi connectivity index (χ2v) is 2.20. The van der Waals surface area contributed by atoms with E-state index in [2.05, 4.69) is 20.2 Å². The average Bonchev–Trinajstić information content (AvgIpc) is 2.34. The van der Waals surface area contributed by atoms with Gasteiger partial charge in [0.1, 0.15) is 0 Å². The molecule has 2 rings (SSSR count). The number of halogens is 1. The fourth-order valence-corrected chi connectivity index (χ4v) is 0.948. The number of nitrogens with one attached hydrogen (secondary N) is 1. The van der Waals surface area contributed by atoms with E-state index in [1.54, 1.807) is 0 Å². The first-order valence-corrected chi connectivity index (χ1v) is 3.12. The SMILES string of the molecule is [O-][n+]1nc(Cl)c2nc[nH]c2n1. The summed E-state index contributed by atoms with van der Waals surface area (Å²) < 4.78 is 0. The zero-order valence-electron chi connectivity index (χ0n) is 5.15. The minimum absolute atomic E-state index is 0.0475. The number of imidazole rings is 1. The van der Waals surface area contributed by atoms with Crippen molar-refractivity contribution in [1.82, 2.24) is 20.2 Å². The van der Waals surface area contributed by atoms with Gasteiger partial charge in [0.05, 0.1) is 21.5 Å². The van der Waals surface area contributed by atoms with E-state index in [1.807, 2.05) is 0 Å². The summed E-state index contributed by atoms with van der Waals surface area (Å²) in [5.74, 6) is 0. The van der Waals surface area contributed by atoms with Crippen molar-refractivity contribution in [2.45, 2.75) is 0 Å². The van der Waals surface area contributed by atoms with Gasteiger partial charge < -0.3 is 10.2 Å². The van der Waals surface area contributed by atoms with Crippen LogP contribution < -0.4 is 4.96 Å². The van der Waals surface area contributed by atoms with Crippen molar-refractivity contribution in [2.24, 2.45) is 0 Å². The van der Waals surface area contributed by atoms with E-state index >= 15 is 0 Å². The van der Waals surface area contributed by atoms with Crippen LogP contribution in [0.25, 0.3) is 11.2 Å². The number of aromatic amines is 1. The molecule has 2 aromatic rings. The summed E-state index contributed by atoms with van der Waals surface area (Å²) in [6.07, 6.45) is 1.39. The largest absolute Gasteiger partial charge is 0.569 e. The fourth-order valence-electron chi connectivity index (χ4n) is 0.745. The van der Waals surface area contributed by atoms with Crippen molar-refractivity contribution in [3.05, 3.63) is 16.7 Å². The number of nitrogens with zero attached hydrogens (tertiary/aromatic N) is 4. The minimum atomic E-state index is 0.0475. The zero-order valence-corrected chi connectivity index (χ0v) is 5.91.